The fraction of sp³-hybridized carbons (Fsp3) is 0.0556. The van der Waals surface area contributed by atoms with Gasteiger partial charge < -0.3 is 4.90 Å². The van der Waals surface area contributed by atoms with Crippen molar-refractivity contribution in [1.29, 1.82) is 0 Å². The van der Waals surface area contributed by atoms with E-state index < -0.39 is 0 Å². The number of thiophene rings is 1. The molecule has 0 unspecified atom stereocenters. The standard InChI is InChI=1S/C18H14BrNOS/c19-17-12-11-16(22-17)18(21)20(15-9-5-2-6-10-15)13-14-7-3-1-4-8-14/h1-12H,13H2. The van der Waals surface area contributed by atoms with E-state index in [0.29, 0.717) is 6.54 Å². The van der Waals surface area contributed by atoms with Crippen LogP contribution in [0.1, 0.15) is 15.2 Å². The van der Waals surface area contributed by atoms with Gasteiger partial charge in [-0.15, -0.1) is 11.3 Å². The van der Waals surface area contributed by atoms with Gasteiger partial charge in [0.25, 0.3) is 5.91 Å². The molecule has 0 saturated heterocycles. The number of halogens is 1. The molecule has 1 heterocycles. The molecule has 0 aliphatic carbocycles. The molecule has 0 aliphatic rings. The molecule has 2 aromatic carbocycles. The number of para-hydroxylation sites is 1. The minimum Gasteiger partial charge on any atom is -0.303 e. The van der Waals surface area contributed by atoms with Crippen molar-refractivity contribution in [3.05, 3.63) is 87.0 Å². The Kier molecular flexibility index (Phi) is 4.71. The zero-order valence-electron chi connectivity index (χ0n) is 11.8. The van der Waals surface area contributed by atoms with Crippen LogP contribution in [0.3, 0.4) is 0 Å². The number of rotatable bonds is 4. The summed E-state index contributed by atoms with van der Waals surface area (Å²) in [6, 6.07) is 23.6. The molecule has 2 nitrogen and oxygen atoms in total. The van der Waals surface area contributed by atoms with Gasteiger partial charge in [0, 0.05) is 5.69 Å². The number of anilines is 1. The van der Waals surface area contributed by atoms with Crippen molar-refractivity contribution in [2.75, 3.05) is 4.90 Å². The maximum atomic E-state index is 12.9. The number of hydrogen-bond acceptors (Lipinski definition) is 2. The van der Waals surface area contributed by atoms with Gasteiger partial charge >= 0.3 is 0 Å². The second-order valence-electron chi connectivity index (χ2n) is 4.82. The lowest BCUT2D eigenvalue weighted by atomic mass is 10.2. The first kappa shape index (κ1) is 15.0. The number of amides is 1. The third kappa shape index (κ3) is 3.46. The average molecular weight is 372 g/mol. The summed E-state index contributed by atoms with van der Waals surface area (Å²) in [6.07, 6.45) is 0. The summed E-state index contributed by atoms with van der Waals surface area (Å²) in [5.74, 6) is 0.0192. The van der Waals surface area contributed by atoms with E-state index in [1.54, 1.807) is 0 Å². The Morgan fingerprint density at radius 1 is 0.909 bits per heavy atom. The second kappa shape index (κ2) is 6.90. The minimum atomic E-state index is 0.0192. The molecular formula is C18H14BrNOS. The van der Waals surface area contributed by atoms with Gasteiger partial charge in [0.15, 0.2) is 0 Å². The average Bonchev–Trinajstić information content (AvgIpc) is 3.00. The number of carbonyl (C=O) groups excluding carboxylic acids is 1. The highest BCUT2D eigenvalue weighted by Gasteiger charge is 2.19. The summed E-state index contributed by atoms with van der Waals surface area (Å²) in [6.45, 7) is 0.555. The van der Waals surface area contributed by atoms with Gasteiger partial charge in [-0.05, 0) is 45.8 Å². The number of hydrogen-bond donors (Lipinski definition) is 0. The first-order valence-electron chi connectivity index (χ1n) is 6.90. The third-order valence-electron chi connectivity index (χ3n) is 3.28. The Morgan fingerprint density at radius 2 is 1.55 bits per heavy atom. The van der Waals surface area contributed by atoms with Gasteiger partial charge in [0.05, 0.1) is 15.2 Å². The molecular weight excluding hydrogens is 358 g/mol. The van der Waals surface area contributed by atoms with Crippen LogP contribution in [0.4, 0.5) is 5.69 Å². The predicted molar refractivity (Wildman–Crippen MR) is 95.4 cm³/mol. The number of carbonyl (C=O) groups is 1. The molecule has 4 heteroatoms. The lowest BCUT2D eigenvalue weighted by Gasteiger charge is -2.22. The Hall–Kier alpha value is -1.91. The van der Waals surface area contributed by atoms with Crippen molar-refractivity contribution < 1.29 is 4.79 Å². The summed E-state index contributed by atoms with van der Waals surface area (Å²) in [5.41, 5.74) is 2.01. The molecule has 3 aromatic rings. The Labute approximate surface area is 142 Å². The van der Waals surface area contributed by atoms with Gasteiger partial charge in [0.1, 0.15) is 0 Å². The van der Waals surface area contributed by atoms with Crippen LogP contribution in [-0.4, -0.2) is 5.91 Å². The first-order valence-corrected chi connectivity index (χ1v) is 8.51. The molecule has 3 rings (SSSR count). The number of nitrogens with zero attached hydrogens (tertiary/aromatic N) is 1. The van der Waals surface area contributed by atoms with Crippen molar-refractivity contribution in [3.63, 3.8) is 0 Å². The van der Waals surface area contributed by atoms with E-state index in [4.69, 9.17) is 0 Å². The molecule has 0 N–H and O–H groups in total. The van der Waals surface area contributed by atoms with Crippen molar-refractivity contribution in [2.24, 2.45) is 0 Å². The van der Waals surface area contributed by atoms with Gasteiger partial charge in [-0.25, -0.2) is 0 Å². The normalized spacial score (nSPS) is 10.4. The largest absolute Gasteiger partial charge is 0.303 e. The van der Waals surface area contributed by atoms with Crippen LogP contribution < -0.4 is 4.90 Å². The monoisotopic (exact) mass is 371 g/mol. The number of benzene rings is 2. The molecule has 0 radical (unpaired) electrons. The van der Waals surface area contributed by atoms with E-state index >= 15 is 0 Å². The van der Waals surface area contributed by atoms with Crippen LogP contribution in [0.15, 0.2) is 76.6 Å². The van der Waals surface area contributed by atoms with Crippen LogP contribution in [0.2, 0.25) is 0 Å². The van der Waals surface area contributed by atoms with E-state index in [1.807, 2.05) is 77.7 Å². The quantitative estimate of drug-likeness (QED) is 0.604. The highest BCUT2D eigenvalue weighted by Crippen LogP contribution is 2.26. The van der Waals surface area contributed by atoms with Crippen LogP contribution in [0, 0.1) is 0 Å². The highest BCUT2D eigenvalue weighted by molar-refractivity contribution is 9.11. The summed E-state index contributed by atoms with van der Waals surface area (Å²) < 4.78 is 0.962. The predicted octanol–water partition coefficient (Wildman–Crippen LogP) is 5.36. The lowest BCUT2D eigenvalue weighted by molar-refractivity contribution is 0.0989. The van der Waals surface area contributed by atoms with Crippen molar-refractivity contribution in [2.45, 2.75) is 6.54 Å². The summed E-state index contributed by atoms with van der Waals surface area (Å²) in [5, 5.41) is 0. The van der Waals surface area contributed by atoms with E-state index in [0.717, 1.165) is 19.9 Å². The van der Waals surface area contributed by atoms with E-state index in [9.17, 15) is 4.79 Å². The third-order valence-corrected chi connectivity index (χ3v) is 4.89. The Bertz CT molecular complexity index is 755. The summed E-state index contributed by atoms with van der Waals surface area (Å²) >= 11 is 4.88. The van der Waals surface area contributed by atoms with E-state index in [2.05, 4.69) is 15.9 Å². The lowest BCUT2D eigenvalue weighted by Crippen LogP contribution is -2.29. The maximum Gasteiger partial charge on any atom is 0.268 e. The smallest absolute Gasteiger partial charge is 0.268 e. The topological polar surface area (TPSA) is 20.3 Å². The van der Waals surface area contributed by atoms with Gasteiger partial charge in [0.2, 0.25) is 0 Å². The molecule has 0 bridgehead atoms. The summed E-state index contributed by atoms with van der Waals surface area (Å²) in [7, 11) is 0. The Morgan fingerprint density at radius 3 is 2.14 bits per heavy atom. The first-order chi connectivity index (χ1) is 10.7. The fourth-order valence-corrected chi connectivity index (χ4v) is 3.55. The van der Waals surface area contributed by atoms with Crippen LogP contribution in [0.25, 0.3) is 0 Å². The fourth-order valence-electron chi connectivity index (χ4n) is 2.22. The van der Waals surface area contributed by atoms with Crippen LogP contribution >= 0.6 is 27.3 Å². The van der Waals surface area contributed by atoms with E-state index in [-0.39, 0.29) is 5.91 Å². The molecule has 110 valence electrons. The van der Waals surface area contributed by atoms with Gasteiger partial charge in [-0.3, -0.25) is 4.79 Å². The zero-order chi connectivity index (χ0) is 15.4. The van der Waals surface area contributed by atoms with Gasteiger partial charge in [-0.2, -0.15) is 0 Å². The molecule has 0 aliphatic heterocycles. The molecule has 1 aromatic heterocycles. The van der Waals surface area contributed by atoms with E-state index in [1.165, 1.54) is 11.3 Å². The molecule has 22 heavy (non-hydrogen) atoms. The van der Waals surface area contributed by atoms with Crippen molar-refractivity contribution in [1.82, 2.24) is 0 Å². The van der Waals surface area contributed by atoms with Crippen LogP contribution in [-0.2, 0) is 6.54 Å². The SMILES string of the molecule is O=C(c1ccc(Br)s1)N(Cc1ccccc1)c1ccccc1. The second-order valence-corrected chi connectivity index (χ2v) is 7.28. The van der Waals surface area contributed by atoms with Gasteiger partial charge in [-0.1, -0.05) is 48.5 Å². The zero-order valence-corrected chi connectivity index (χ0v) is 14.2. The Balaban J connectivity index is 1.94. The highest BCUT2D eigenvalue weighted by atomic mass is 79.9. The summed E-state index contributed by atoms with van der Waals surface area (Å²) in [4.78, 5) is 15.4. The molecule has 1 amide bonds. The molecule has 0 atom stereocenters. The molecule has 0 saturated carbocycles. The van der Waals surface area contributed by atoms with Crippen LogP contribution in [0.5, 0.6) is 0 Å². The molecule has 0 fully saturated rings. The minimum absolute atomic E-state index is 0.0192. The molecule has 0 spiro atoms. The van der Waals surface area contributed by atoms with Crippen molar-refractivity contribution >= 4 is 38.9 Å². The van der Waals surface area contributed by atoms with Crippen molar-refractivity contribution in [3.8, 4) is 0 Å². The maximum absolute atomic E-state index is 12.9.